The van der Waals surface area contributed by atoms with Crippen molar-refractivity contribution in [3.8, 4) is 5.75 Å². The molecule has 165 valence electrons. The molecule has 0 fully saturated rings. The summed E-state index contributed by atoms with van der Waals surface area (Å²) in [5.41, 5.74) is 2.63. The van der Waals surface area contributed by atoms with Gasteiger partial charge in [0.05, 0.1) is 24.9 Å². The van der Waals surface area contributed by atoms with Gasteiger partial charge in [-0.3, -0.25) is 25.5 Å². The molecule has 2 aromatic carbocycles. The zero-order valence-electron chi connectivity index (χ0n) is 17.9. The van der Waals surface area contributed by atoms with E-state index in [1.54, 1.807) is 38.3 Å². The van der Waals surface area contributed by atoms with Crippen LogP contribution in [0.1, 0.15) is 24.5 Å². The Morgan fingerprint density at radius 2 is 2.03 bits per heavy atom. The van der Waals surface area contributed by atoms with E-state index >= 15 is 0 Å². The Kier molecular flexibility index (Phi) is 7.66. The second-order valence-corrected chi connectivity index (χ2v) is 7.65. The first-order chi connectivity index (χ1) is 15.3. The number of halogens is 1. The van der Waals surface area contributed by atoms with Gasteiger partial charge in [0.1, 0.15) is 23.5 Å². The van der Waals surface area contributed by atoms with Gasteiger partial charge in [0.15, 0.2) is 0 Å². The number of benzene rings is 2. The summed E-state index contributed by atoms with van der Waals surface area (Å²) in [4.78, 5) is 18.8. The van der Waals surface area contributed by atoms with E-state index in [0.717, 1.165) is 13.0 Å². The number of aliphatic imine (C=N–C) groups is 1. The highest BCUT2D eigenvalue weighted by Crippen LogP contribution is 2.33. The van der Waals surface area contributed by atoms with Crippen LogP contribution >= 0.6 is 11.6 Å². The van der Waals surface area contributed by atoms with E-state index in [-0.39, 0.29) is 30.5 Å². The molecule has 0 spiro atoms. The van der Waals surface area contributed by atoms with E-state index in [4.69, 9.17) is 37.2 Å². The van der Waals surface area contributed by atoms with E-state index in [1.165, 1.54) is 4.90 Å². The predicted octanol–water partition coefficient (Wildman–Crippen LogP) is 2.89. The number of fused-ring (bicyclic) bond motifs is 1. The van der Waals surface area contributed by atoms with Crippen LogP contribution in [0.5, 0.6) is 5.75 Å². The molecule has 3 rings (SSSR count). The molecule has 32 heavy (non-hydrogen) atoms. The number of hydrogen-bond acceptors (Lipinski definition) is 6. The van der Waals surface area contributed by atoms with E-state index in [1.807, 2.05) is 18.2 Å². The number of anilines is 1. The minimum absolute atomic E-state index is 0.0248. The van der Waals surface area contributed by atoms with Crippen molar-refractivity contribution in [2.24, 2.45) is 4.99 Å². The Bertz CT molecular complexity index is 1060. The Labute approximate surface area is 192 Å². The van der Waals surface area contributed by atoms with Gasteiger partial charge in [0.2, 0.25) is 5.91 Å². The van der Waals surface area contributed by atoms with Gasteiger partial charge in [0, 0.05) is 22.7 Å². The Morgan fingerprint density at radius 1 is 1.31 bits per heavy atom. The Morgan fingerprint density at radius 3 is 2.66 bits per heavy atom. The van der Waals surface area contributed by atoms with Gasteiger partial charge < -0.3 is 15.1 Å². The molecule has 1 unspecified atom stereocenters. The highest BCUT2D eigenvalue weighted by atomic mass is 35.5. The van der Waals surface area contributed by atoms with Crippen LogP contribution in [0.15, 0.2) is 47.5 Å². The summed E-state index contributed by atoms with van der Waals surface area (Å²) in [5.74, 6) is 0.467. The number of amidine groups is 2. The molecule has 1 heterocycles. The van der Waals surface area contributed by atoms with Crippen LogP contribution in [0.4, 0.5) is 5.69 Å². The van der Waals surface area contributed by atoms with Gasteiger partial charge in [0.25, 0.3) is 7.48 Å². The third kappa shape index (κ3) is 5.17. The van der Waals surface area contributed by atoms with Crippen LogP contribution in [0.2, 0.25) is 11.3 Å². The number of ether oxygens (including phenoxy) is 1. The highest BCUT2D eigenvalue weighted by Gasteiger charge is 2.32. The van der Waals surface area contributed by atoms with Crippen molar-refractivity contribution < 1.29 is 14.6 Å². The quantitative estimate of drug-likeness (QED) is 0.223. The van der Waals surface area contributed by atoms with E-state index in [2.05, 4.69) is 5.32 Å². The normalized spacial score (nSPS) is 15.4. The summed E-state index contributed by atoms with van der Waals surface area (Å²) < 4.78 is 5.40. The smallest absolute Gasteiger partial charge is 0.289 e. The van der Waals surface area contributed by atoms with Gasteiger partial charge in [-0.15, -0.1) is 0 Å². The number of amides is 1. The first kappa shape index (κ1) is 23.5. The summed E-state index contributed by atoms with van der Waals surface area (Å²) in [6.07, 6.45) is 0.250. The molecule has 1 aliphatic heterocycles. The lowest BCUT2D eigenvalue weighted by atomic mass is 9.97. The molecule has 0 aromatic heterocycles. The third-order valence-electron chi connectivity index (χ3n) is 4.97. The Hall–Kier alpha value is -3.17. The zero-order chi connectivity index (χ0) is 23.3. The van der Waals surface area contributed by atoms with Gasteiger partial charge in [-0.25, -0.2) is 0 Å². The minimum atomic E-state index is -0.822. The zero-order valence-corrected chi connectivity index (χ0v) is 18.6. The van der Waals surface area contributed by atoms with Crippen molar-refractivity contribution >= 4 is 48.1 Å². The lowest BCUT2D eigenvalue weighted by Gasteiger charge is -2.26. The van der Waals surface area contributed by atoms with Gasteiger partial charge in [-0.1, -0.05) is 23.7 Å². The van der Waals surface area contributed by atoms with Crippen molar-refractivity contribution in [2.75, 3.05) is 18.6 Å². The SMILES string of the molecule is COc1ccc2c(c1)C(c1ccc(Cl)cc1)=NC(CC(=O)NCC[B]O)C(=N)N2C(C)=N. The fourth-order valence-corrected chi connectivity index (χ4v) is 3.58. The number of nitrogens with one attached hydrogen (secondary N) is 3. The largest absolute Gasteiger partial charge is 0.497 e. The molecule has 0 bridgehead atoms. The number of hydrogen-bond donors (Lipinski definition) is 4. The van der Waals surface area contributed by atoms with Crippen LogP contribution in [0.25, 0.3) is 0 Å². The van der Waals surface area contributed by atoms with Crippen molar-refractivity contribution in [1.82, 2.24) is 5.32 Å². The fraction of sp³-hybridized carbons (Fsp3) is 0.273. The van der Waals surface area contributed by atoms with Crippen LogP contribution < -0.4 is 15.0 Å². The number of nitrogens with zero attached hydrogens (tertiary/aromatic N) is 2. The monoisotopic (exact) mass is 452 g/mol. The molecule has 10 heteroatoms. The van der Waals surface area contributed by atoms with Crippen molar-refractivity contribution in [2.45, 2.75) is 25.7 Å². The maximum atomic E-state index is 12.5. The summed E-state index contributed by atoms with van der Waals surface area (Å²) in [5, 5.41) is 29.2. The van der Waals surface area contributed by atoms with E-state index in [9.17, 15) is 4.79 Å². The van der Waals surface area contributed by atoms with Crippen molar-refractivity contribution in [3.05, 3.63) is 58.6 Å². The molecule has 0 saturated heterocycles. The molecule has 2 aromatic rings. The molecule has 1 radical (unpaired) electrons. The van der Waals surface area contributed by atoms with Crippen molar-refractivity contribution in [3.63, 3.8) is 0 Å². The first-order valence-corrected chi connectivity index (χ1v) is 10.4. The third-order valence-corrected chi connectivity index (χ3v) is 5.22. The number of benzodiazepines with no additional fused rings is 1. The lowest BCUT2D eigenvalue weighted by Crippen LogP contribution is -2.42. The number of carbonyl (C=O) groups is 1. The molecule has 0 aliphatic carbocycles. The molecular weight excluding hydrogens is 429 g/mol. The van der Waals surface area contributed by atoms with Crippen LogP contribution in [-0.4, -0.2) is 55.5 Å². The van der Waals surface area contributed by atoms with Crippen LogP contribution in [0, 0.1) is 10.8 Å². The summed E-state index contributed by atoms with van der Waals surface area (Å²) in [6.45, 7) is 1.87. The number of carbonyl (C=O) groups excluding carboxylic acids is 1. The summed E-state index contributed by atoms with van der Waals surface area (Å²) in [6, 6.07) is 11.7. The first-order valence-electron chi connectivity index (χ1n) is 10.0. The standard InChI is InChI=1S/C22H24BClN5O3/c1-13(25)29-19-8-7-16(32-2)11-17(19)21(14-3-5-15(24)6-4-14)28-18(22(29)26)12-20(30)27-10-9-23-31/h3-8,11,18,25-26,31H,9-10,12H2,1-2H3,(H,27,30). The second-order valence-electron chi connectivity index (χ2n) is 7.21. The number of rotatable bonds is 7. The molecule has 1 atom stereocenters. The van der Waals surface area contributed by atoms with Crippen molar-refractivity contribution in [1.29, 1.82) is 10.8 Å². The summed E-state index contributed by atoms with van der Waals surface area (Å²) >= 11 is 6.07. The van der Waals surface area contributed by atoms with Gasteiger partial charge in [-0.05, 0) is 43.6 Å². The van der Waals surface area contributed by atoms with Gasteiger partial charge >= 0.3 is 0 Å². The summed E-state index contributed by atoms with van der Waals surface area (Å²) in [7, 11) is 2.55. The maximum absolute atomic E-state index is 12.5. The van der Waals surface area contributed by atoms with Crippen LogP contribution in [-0.2, 0) is 4.79 Å². The van der Waals surface area contributed by atoms with E-state index in [0.29, 0.717) is 34.1 Å². The maximum Gasteiger partial charge on any atom is 0.289 e. The lowest BCUT2D eigenvalue weighted by molar-refractivity contribution is -0.121. The fourth-order valence-electron chi connectivity index (χ4n) is 3.46. The minimum Gasteiger partial charge on any atom is -0.497 e. The molecule has 1 aliphatic rings. The average molecular weight is 453 g/mol. The molecule has 1 amide bonds. The molecule has 0 saturated carbocycles. The Balaban J connectivity index is 2.13. The van der Waals surface area contributed by atoms with Gasteiger partial charge in [-0.2, -0.15) is 0 Å². The average Bonchev–Trinajstić information content (AvgIpc) is 2.88. The van der Waals surface area contributed by atoms with E-state index < -0.39 is 6.04 Å². The molecule has 4 N–H and O–H groups in total. The molecular formula is C22H24BClN5O3. The van der Waals surface area contributed by atoms with Crippen LogP contribution in [0.3, 0.4) is 0 Å². The predicted molar refractivity (Wildman–Crippen MR) is 128 cm³/mol. The topological polar surface area (TPSA) is 122 Å². The molecule has 8 nitrogen and oxygen atoms in total. The second kappa shape index (κ2) is 10.4. The number of methoxy groups -OCH3 is 1. The highest BCUT2D eigenvalue weighted by molar-refractivity contribution is 6.31.